The van der Waals surface area contributed by atoms with E-state index in [1.165, 1.54) is 17.4 Å². The van der Waals surface area contributed by atoms with Crippen molar-refractivity contribution < 1.29 is 13.9 Å². The van der Waals surface area contributed by atoms with Gasteiger partial charge in [-0.2, -0.15) is 10.5 Å². The monoisotopic (exact) mass is 423 g/mol. The molecule has 1 aromatic carbocycles. The number of anilines is 1. The number of nitrogens with zero attached hydrogens (tertiary/aromatic N) is 2. The van der Waals surface area contributed by atoms with Gasteiger partial charge in [0, 0.05) is 11.1 Å². The lowest BCUT2D eigenvalue weighted by molar-refractivity contribution is -0.112. The lowest BCUT2D eigenvalue weighted by atomic mass is 10.2. The average Bonchev–Trinajstić information content (AvgIpc) is 3.35. The van der Waals surface area contributed by atoms with Crippen LogP contribution in [0.2, 0.25) is 5.02 Å². The normalized spacial score (nSPS) is 10.8. The van der Waals surface area contributed by atoms with Crippen LogP contribution in [0, 0.1) is 29.6 Å². The van der Waals surface area contributed by atoms with E-state index in [0.29, 0.717) is 32.9 Å². The number of nitrogens with one attached hydrogen (secondary N) is 1. The summed E-state index contributed by atoms with van der Waals surface area (Å²) in [5.41, 5.74) is 1.11. The second kappa shape index (κ2) is 9.11. The minimum Gasteiger partial charge on any atom is -0.486 e. The Balaban J connectivity index is 1.67. The fourth-order valence-electron chi connectivity index (χ4n) is 2.37. The van der Waals surface area contributed by atoms with Gasteiger partial charge in [0.05, 0.1) is 5.56 Å². The first-order valence-electron chi connectivity index (χ1n) is 8.38. The van der Waals surface area contributed by atoms with Crippen molar-refractivity contribution >= 4 is 39.9 Å². The molecule has 0 saturated carbocycles. The number of benzene rings is 1. The highest BCUT2D eigenvalue weighted by Gasteiger charge is 2.14. The first-order chi connectivity index (χ1) is 14.0. The van der Waals surface area contributed by atoms with Crippen LogP contribution in [-0.2, 0) is 11.4 Å². The molecule has 0 unspecified atom stereocenters. The number of carbonyl (C=O) groups is 1. The quantitative estimate of drug-likeness (QED) is 0.428. The number of furan rings is 1. The molecule has 1 amide bonds. The van der Waals surface area contributed by atoms with Crippen molar-refractivity contribution in [1.82, 2.24) is 0 Å². The molecule has 0 aliphatic heterocycles. The van der Waals surface area contributed by atoms with Gasteiger partial charge >= 0.3 is 0 Å². The number of halogens is 1. The molecule has 29 heavy (non-hydrogen) atoms. The summed E-state index contributed by atoms with van der Waals surface area (Å²) in [5.74, 6) is 0.917. The Morgan fingerprint density at radius 3 is 2.86 bits per heavy atom. The fourth-order valence-corrected chi connectivity index (χ4v) is 3.22. The molecule has 0 spiro atoms. The molecule has 0 aliphatic rings. The van der Waals surface area contributed by atoms with Crippen LogP contribution in [0.5, 0.6) is 5.75 Å². The fraction of sp³-hybridized carbons (Fsp3) is 0.0952. The van der Waals surface area contributed by atoms with Gasteiger partial charge in [-0.25, -0.2) is 0 Å². The highest BCUT2D eigenvalue weighted by atomic mass is 35.5. The molecule has 3 aromatic rings. The summed E-state index contributed by atoms with van der Waals surface area (Å²) in [4.78, 5) is 12.3. The molecule has 0 atom stereocenters. The van der Waals surface area contributed by atoms with Crippen LogP contribution in [0.4, 0.5) is 5.00 Å². The van der Waals surface area contributed by atoms with E-state index in [0.717, 1.165) is 5.56 Å². The first kappa shape index (κ1) is 20.2. The van der Waals surface area contributed by atoms with E-state index >= 15 is 0 Å². The molecule has 1 N–H and O–H groups in total. The highest BCUT2D eigenvalue weighted by molar-refractivity contribution is 7.14. The van der Waals surface area contributed by atoms with Crippen molar-refractivity contribution in [2.45, 2.75) is 13.5 Å². The van der Waals surface area contributed by atoms with Gasteiger partial charge in [0.25, 0.3) is 5.91 Å². The highest BCUT2D eigenvalue weighted by Crippen LogP contribution is 2.24. The zero-order valence-electron chi connectivity index (χ0n) is 15.2. The van der Waals surface area contributed by atoms with Gasteiger partial charge in [0.2, 0.25) is 0 Å². The van der Waals surface area contributed by atoms with Crippen LogP contribution >= 0.6 is 22.9 Å². The lowest BCUT2D eigenvalue weighted by Crippen LogP contribution is -2.13. The van der Waals surface area contributed by atoms with Crippen molar-refractivity contribution in [3.63, 3.8) is 0 Å². The molecule has 2 heterocycles. The van der Waals surface area contributed by atoms with Crippen LogP contribution in [0.1, 0.15) is 22.6 Å². The molecule has 144 valence electrons. The van der Waals surface area contributed by atoms with Gasteiger partial charge in [-0.05, 0) is 54.3 Å². The third-order valence-electron chi connectivity index (χ3n) is 3.86. The molecule has 2 aromatic heterocycles. The Bertz CT molecular complexity index is 1160. The Morgan fingerprint density at radius 1 is 1.31 bits per heavy atom. The summed E-state index contributed by atoms with van der Waals surface area (Å²) < 4.78 is 11.3. The maximum atomic E-state index is 12.3. The summed E-state index contributed by atoms with van der Waals surface area (Å²) >= 11 is 7.20. The van der Waals surface area contributed by atoms with E-state index in [1.807, 2.05) is 25.1 Å². The zero-order chi connectivity index (χ0) is 20.8. The Labute approximate surface area is 176 Å². The topological polar surface area (TPSA) is 99.0 Å². The van der Waals surface area contributed by atoms with Gasteiger partial charge in [-0.1, -0.05) is 11.6 Å². The van der Waals surface area contributed by atoms with Crippen LogP contribution in [-0.4, -0.2) is 5.91 Å². The molecule has 8 heteroatoms. The largest absolute Gasteiger partial charge is 0.486 e. The van der Waals surface area contributed by atoms with Gasteiger partial charge in [0.1, 0.15) is 46.6 Å². The standard InChI is InChI=1S/C21H14ClN3O3S/c1-13-8-16(4-5-19(13)22)27-12-18-3-2-17(28-18)9-15(11-24)20(26)25-21-14(10-23)6-7-29-21/h2-9H,12H2,1H3,(H,25,26)/b15-9-. The summed E-state index contributed by atoms with van der Waals surface area (Å²) in [6.07, 6.45) is 1.34. The predicted octanol–water partition coefficient (Wildman–Crippen LogP) is 5.30. The number of amides is 1. The van der Waals surface area contributed by atoms with Crippen molar-refractivity contribution in [1.29, 1.82) is 10.5 Å². The summed E-state index contributed by atoms with van der Waals surface area (Å²) in [7, 11) is 0. The Morgan fingerprint density at radius 2 is 2.14 bits per heavy atom. The minimum absolute atomic E-state index is 0.141. The number of hydrogen-bond donors (Lipinski definition) is 1. The van der Waals surface area contributed by atoms with Gasteiger partial charge in [-0.15, -0.1) is 11.3 Å². The van der Waals surface area contributed by atoms with E-state index in [9.17, 15) is 10.1 Å². The maximum absolute atomic E-state index is 12.3. The molecular formula is C21H14ClN3O3S. The zero-order valence-corrected chi connectivity index (χ0v) is 16.8. The molecule has 3 rings (SSSR count). The smallest absolute Gasteiger partial charge is 0.267 e. The SMILES string of the molecule is Cc1cc(OCc2ccc(/C=C(/C#N)C(=O)Nc3sccc3C#N)o2)ccc1Cl. The Kier molecular flexibility index (Phi) is 6.36. The van der Waals surface area contributed by atoms with Gasteiger partial charge < -0.3 is 14.5 Å². The van der Waals surface area contributed by atoms with Crippen LogP contribution in [0.3, 0.4) is 0 Å². The van der Waals surface area contributed by atoms with Crippen LogP contribution in [0.15, 0.2) is 51.8 Å². The number of rotatable bonds is 6. The van der Waals surface area contributed by atoms with Crippen LogP contribution < -0.4 is 10.1 Å². The summed E-state index contributed by atoms with van der Waals surface area (Å²) in [6.45, 7) is 2.07. The first-order valence-corrected chi connectivity index (χ1v) is 9.64. The molecule has 0 aliphatic carbocycles. The molecule has 0 fully saturated rings. The molecule has 0 bridgehead atoms. The molecule has 6 nitrogen and oxygen atoms in total. The molecular weight excluding hydrogens is 410 g/mol. The second-order valence-electron chi connectivity index (χ2n) is 5.90. The van der Waals surface area contributed by atoms with E-state index in [1.54, 1.807) is 35.7 Å². The van der Waals surface area contributed by atoms with Crippen molar-refractivity contribution in [3.8, 4) is 17.9 Å². The van der Waals surface area contributed by atoms with Crippen LogP contribution in [0.25, 0.3) is 6.08 Å². The maximum Gasteiger partial charge on any atom is 0.267 e. The molecule has 0 saturated heterocycles. The number of carbonyl (C=O) groups excluding carboxylic acids is 1. The Hall–Kier alpha value is -3.52. The third-order valence-corrected chi connectivity index (χ3v) is 5.11. The van der Waals surface area contributed by atoms with Gasteiger partial charge in [0.15, 0.2) is 0 Å². The third kappa shape index (κ3) is 5.05. The van der Waals surface area contributed by atoms with E-state index in [2.05, 4.69) is 5.32 Å². The van der Waals surface area contributed by atoms with Crippen molar-refractivity contribution in [2.24, 2.45) is 0 Å². The number of thiophene rings is 1. The lowest BCUT2D eigenvalue weighted by Gasteiger charge is -2.06. The van der Waals surface area contributed by atoms with Crippen molar-refractivity contribution in [3.05, 3.63) is 75.0 Å². The van der Waals surface area contributed by atoms with Gasteiger partial charge in [-0.3, -0.25) is 4.79 Å². The van der Waals surface area contributed by atoms with Crippen molar-refractivity contribution in [2.75, 3.05) is 5.32 Å². The minimum atomic E-state index is -0.614. The van der Waals surface area contributed by atoms with E-state index in [4.69, 9.17) is 26.0 Å². The second-order valence-corrected chi connectivity index (χ2v) is 7.23. The summed E-state index contributed by atoms with van der Waals surface area (Å²) in [6, 6.07) is 14.1. The average molecular weight is 424 g/mol. The van der Waals surface area contributed by atoms with E-state index < -0.39 is 5.91 Å². The van der Waals surface area contributed by atoms with E-state index in [-0.39, 0.29) is 12.2 Å². The predicted molar refractivity (Wildman–Crippen MR) is 110 cm³/mol. The summed E-state index contributed by atoms with van der Waals surface area (Å²) in [5, 5.41) is 23.6. The molecule has 0 radical (unpaired) electrons. The number of aryl methyl sites for hydroxylation is 1. The number of hydrogen-bond acceptors (Lipinski definition) is 6. The number of ether oxygens (including phenoxy) is 1. The number of nitriles is 2.